The van der Waals surface area contributed by atoms with Crippen molar-refractivity contribution in [2.45, 2.75) is 39.0 Å². The quantitative estimate of drug-likeness (QED) is 0.874. The summed E-state index contributed by atoms with van der Waals surface area (Å²) in [4.78, 5) is 6.52. The molecule has 24 heavy (non-hydrogen) atoms. The zero-order valence-electron chi connectivity index (χ0n) is 13.7. The Morgan fingerprint density at radius 2 is 2.17 bits per heavy atom. The first-order valence-corrected chi connectivity index (χ1v) is 8.20. The number of hydrogen-bond acceptors (Lipinski definition) is 6. The smallest absolute Gasteiger partial charge is 0.240 e. The minimum atomic E-state index is -0.307. The van der Waals surface area contributed by atoms with Crippen LogP contribution in [0.1, 0.15) is 31.5 Å². The number of aliphatic hydroxyl groups is 1. The van der Waals surface area contributed by atoms with Gasteiger partial charge < -0.3 is 14.4 Å². The van der Waals surface area contributed by atoms with Crippen LogP contribution in [-0.4, -0.2) is 39.3 Å². The number of aromatic nitrogens is 2. The largest absolute Gasteiger partial charge is 0.485 e. The maximum absolute atomic E-state index is 12.8. The van der Waals surface area contributed by atoms with E-state index in [0.717, 1.165) is 19.4 Å². The third kappa shape index (κ3) is 4.10. The average molecular weight is 335 g/mol. The van der Waals surface area contributed by atoms with Crippen LogP contribution in [0.25, 0.3) is 0 Å². The summed E-state index contributed by atoms with van der Waals surface area (Å²) in [6, 6.07) is 5.91. The van der Waals surface area contributed by atoms with Gasteiger partial charge in [0.05, 0.1) is 13.2 Å². The van der Waals surface area contributed by atoms with Crippen LogP contribution >= 0.6 is 0 Å². The van der Waals surface area contributed by atoms with Crippen molar-refractivity contribution in [3.8, 4) is 5.75 Å². The molecule has 0 bridgehead atoms. The molecule has 2 atom stereocenters. The number of nitrogens with zero attached hydrogens (tertiary/aromatic N) is 3. The summed E-state index contributed by atoms with van der Waals surface area (Å²) >= 11 is 0. The van der Waals surface area contributed by atoms with Gasteiger partial charge in [-0.1, -0.05) is 12.1 Å². The number of hydrogen-bond donors (Lipinski definition) is 1. The Balaban J connectivity index is 1.56. The number of rotatable bonds is 6. The third-order valence-electron chi connectivity index (χ3n) is 4.45. The molecule has 1 saturated heterocycles. The van der Waals surface area contributed by atoms with Gasteiger partial charge in [0.15, 0.2) is 6.61 Å². The number of piperidine rings is 1. The molecule has 1 fully saturated rings. The van der Waals surface area contributed by atoms with Crippen LogP contribution in [0, 0.1) is 11.7 Å². The van der Waals surface area contributed by atoms with E-state index < -0.39 is 0 Å². The van der Waals surface area contributed by atoms with Crippen molar-refractivity contribution in [2.75, 3.05) is 13.2 Å². The van der Waals surface area contributed by atoms with E-state index in [1.165, 1.54) is 12.1 Å². The number of halogens is 1. The van der Waals surface area contributed by atoms with E-state index in [9.17, 15) is 9.50 Å². The van der Waals surface area contributed by atoms with Gasteiger partial charge in [0, 0.05) is 6.04 Å². The molecule has 0 aliphatic carbocycles. The van der Waals surface area contributed by atoms with Crippen LogP contribution in [0.5, 0.6) is 5.75 Å². The fraction of sp³-hybridized carbons (Fsp3) is 0.529. The Morgan fingerprint density at radius 1 is 1.38 bits per heavy atom. The molecule has 3 rings (SSSR count). The topological polar surface area (TPSA) is 71.6 Å². The summed E-state index contributed by atoms with van der Waals surface area (Å²) in [5.41, 5.74) is 0. The van der Waals surface area contributed by atoms with Gasteiger partial charge in [-0.3, -0.25) is 4.90 Å². The number of aliphatic hydroxyl groups excluding tert-OH is 1. The molecule has 7 heteroatoms. The lowest BCUT2D eigenvalue weighted by molar-refractivity contribution is 0.0400. The SMILES string of the molecule is CC1CCCN(Cc2nc(COc3ccc(F)cc3)no2)C1CO. The Labute approximate surface area is 140 Å². The van der Waals surface area contributed by atoms with Gasteiger partial charge in [0.1, 0.15) is 11.6 Å². The maximum Gasteiger partial charge on any atom is 0.240 e. The van der Waals surface area contributed by atoms with E-state index >= 15 is 0 Å². The molecule has 0 saturated carbocycles. The maximum atomic E-state index is 12.8. The lowest BCUT2D eigenvalue weighted by Crippen LogP contribution is -2.46. The zero-order valence-corrected chi connectivity index (χ0v) is 13.7. The highest BCUT2D eigenvalue weighted by molar-refractivity contribution is 5.22. The van der Waals surface area contributed by atoms with E-state index in [4.69, 9.17) is 9.26 Å². The molecule has 0 amide bonds. The van der Waals surface area contributed by atoms with Gasteiger partial charge in [0.25, 0.3) is 0 Å². The summed E-state index contributed by atoms with van der Waals surface area (Å²) in [7, 11) is 0. The molecule has 1 aromatic carbocycles. The predicted molar refractivity (Wildman–Crippen MR) is 84.7 cm³/mol. The first-order valence-electron chi connectivity index (χ1n) is 8.20. The normalized spacial score (nSPS) is 21.8. The summed E-state index contributed by atoms with van der Waals surface area (Å²) in [6.07, 6.45) is 2.23. The van der Waals surface area contributed by atoms with Gasteiger partial charge in [-0.15, -0.1) is 0 Å². The first kappa shape index (κ1) is 16.9. The van der Waals surface area contributed by atoms with Crippen LogP contribution in [-0.2, 0) is 13.2 Å². The summed E-state index contributed by atoms with van der Waals surface area (Å²) in [5.74, 6) is 1.65. The van der Waals surface area contributed by atoms with Crippen molar-refractivity contribution in [1.29, 1.82) is 0 Å². The Hall–Kier alpha value is -1.99. The van der Waals surface area contributed by atoms with Gasteiger partial charge in [-0.2, -0.15) is 4.98 Å². The third-order valence-corrected chi connectivity index (χ3v) is 4.45. The Morgan fingerprint density at radius 3 is 2.92 bits per heavy atom. The van der Waals surface area contributed by atoms with Crippen molar-refractivity contribution in [1.82, 2.24) is 15.0 Å². The molecular formula is C17H22FN3O3. The van der Waals surface area contributed by atoms with Crippen molar-refractivity contribution < 1.29 is 18.8 Å². The molecule has 1 aliphatic rings. The minimum Gasteiger partial charge on any atom is -0.485 e. The second-order valence-corrected chi connectivity index (χ2v) is 6.19. The molecule has 1 aromatic heterocycles. The van der Waals surface area contributed by atoms with Crippen LogP contribution in [0.3, 0.4) is 0 Å². The summed E-state index contributed by atoms with van der Waals surface area (Å²) < 4.78 is 23.6. The van der Waals surface area contributed by atoms with Crippen LogP contribution in [0.4, 0.5) is 4.39 Å². The molecule has 2 aromatic rings. The molecule has 2 unspecified atom stereocenters. The fourth-order valence-electron chi connectivity index (χ4n) is 3.09. The van der Waals surface area contributed by atoms with E-state index in [-0.39, 0.29) is 25.1 Å². The van der Waals surface area contributed by atoms with Crippen LogP contribution < -0.4 is 4.74 Å². The van der Waals surface area contributed by atoms with Gasteiger partial charge >= 0.3 is 0 Å². The molecule has 130 valence electrons. The fourth-order valence-corrected chi connectivity index (χ4v) is 3.09. The molecule has 1 aliphatic heterocycles. The number of likely N-dealkylation sites (tertiary alicyclic amines) is 1. The van der Waals surface area contributed by atoms with E-state index in [2.05, 4.69) is 22.0 Å². The van der Waals surface area contributed by atoms with Gasteiger partial charge in [0.2, 0.25) is 11.7 Å². The van der Waals surface area contributed by atoms with Gasteiger partial charge in [-0.25, -0.2) is 4.39 Å². The first-order chi connectivity index (χ1) is 11.7. The standard InChI is InChI=1S/C17H22FN3O3/c1-12-3-2-8-21(15(12)10-22)9-17-19-16(20-24-17)11-23-14-6-4-13(18)5-7-14/h4-7,12,15,22H,2-3,8-11H2,1H3. The molecule has 0 radical (unpaired) electrons. The molecule has 0 spiro atoms. The lowest BCUT2D eigenvalue weighted by atomic mass is 9.91. The predicted octanol–water partition coefficient (Wildman–Crippen LogP) is 2.38. The van der Waals surface area contributed by atoms with Crippen molar-refractivity contribution >= 4 is 0 Å². The summed E-state index contributed by atoms with van der Waals surface area (Å²) in [5, 5.41) is 13.5. The number of ether oxygens (including phenoxy) is 1. The lowest BCUT2D eigenvalue weighted by Gasteiger charge is -2.38. The molecule has 1 N–H and O–H groups in total. The minimum absolute atomic E-state index is 0.129. The van der Waals surface area contributed by atoms with Crippen LogP contribution in [0.2, 0.25) is 0 Å². The number of benzene rings is 1. The van der Waals surface area contributed by atoms with E-state index in [1.807, 2.05) is 0 Å². The van der Waals surface area contributed by atoms with Crippen molar-refractivity contribution in [3.05, 3.63) is 41.8 Å². The van der Waals surface area contributed by atoms with E-state index in [1.54, 1.807) is 12.1 Å². The molecule has 6 nitrogen and oxygen atoms in total. The highest BCUT2D eigenvalue weighted by Gasteiger charge is 2.29. The Kier molecular flexibility index (Phi) is 5.42. The van der Waals surface area contributed by atoms with Crippen molar-refractivity contribution in [2.24, 2.45) is 5.92 Å². The second kappa shape index (κ2) is 7.72. The van der Waals surface area contributed by atoms with Gasteiger partial charge in [-0.05, 0) is 49.6 Å². The molecular weight excluding hydrogens is 313 g/mol. The van der Waals surface area contributed by atoms with Crippen molar-refractivity contribution in [3.63, 3.8) is 0 Å². The Bertz CT molecular complexity index is 647. The summed E-state index contributed by atoms with van der Waals surface area (Å²) in [6.45, 7) is 3.89. The average Bonchev–Trinajstić information content (AvgIpc) is 3.02. The second-order valence-electron chi connectivity index (χ2n) is 6.19. The van der Waals surface area contributed by atoms with E-state index in [0.29, 0.717) is 29.9 Å². The zero-order chi connectivity index (χ0) is 16.9. The highest BCUT2D eigenvalue weighted by atomic mass is 19.1. The molecule has 2 heterocycles. The monoisotopic (exact) mass is 335 g/mol. The van der Waals surface area contributed by atoms with Crippen LogP contribution in [0.15, 0.2) is 28.8 Å². The highest BCUT2D eigenvalue weighted by Crippen LogP contribution is 2.24.